The van der Waals surface area contributed by atoms with E-state index in [1.54, 1.807) is 61.5 Å². The lowest BCUT2D eigenvalue weighted by Crippen LogP contribution is -2.28. The van der Waals surface area contributed by atoms with E-state index in [0.717, 1.165) is 11.1 Å². The van der Waals surface area contributed by atoms with Crippen LogP contribution < -0.4 is 14.8 Å². The molecule has 3 aromatic rings. The van der Waals surface area contributed by atoms with Gasteiger partial charge in [0.15, 0.2) is 0 Å². The second-order valence-electron chi connectivity index (χ2n) is 7.59. The second kappa shape index (κ2) is 10.8. The minimum atomic E-state index is -3.70. The van der Waals surface area contributed by atoms with Crippen molar-refractivity contribution in [2.45, 2.75) is 31.8 Å². The normalized spacial score (nSPS) is 10.9. The molecule has 0 atom stereocenters. The summed E-state index contributed by atoms with van der Waals surface area (Å²) in [5.41, 5.74) is 3.46. The van der Waals surface area contributed by atoms with E-state index in [1.165, 1.54) is 0 Å². The van der Waals surface area contributed by atoms with Gasteiger partial charge in [-0.1, -0.05) is 30.3 Å². The summed E-state index contributed by atoms with van der Waals surface area (Å²) in [6.45, 7) is 3.82. The van der Waals surface area contributed by atoms with Gasteiger partial charge >= 0.3 is 0 Å². The van der Waals surface area contributed by atoms with Crippen LogP contribution in [-0.4, -0.2) is 20.9 Å². The molecule has 3 aromatic carbocycles. The van der Waals surface area contributed by atoms with E-state index in [1.807, 2.05) is 19.1 Å². The van der Waals surface area contributed by atoms with E-state index in [9.17, 15) is 13.2 Å². The van der Waals surface area contributed by atoms with Crippen molar-refractivity contribution in [2.75, 3.05) is 11.9 Å². The minimum Gasteiger partial charge on any atom is -0.489 e. The van der Waals surface area contributed by atoms with Crippen LogP contribution in [0.15, 0.2) is 71.6 Å². The largest absolute Gasteiger partial charge is 0.489 e. The summed E-state index contributed by atoms with van der Waals surface area (Å²) < 4.78 is 33.3. The van der Waals surface area contributed by atoms with Crippen molar-refractivity contribution in [1.82, 2.24) is 4.72 Å². The number of hydrogen-bond donors (Lipinski definition) is 2. The Labute approximate surface area is 194 Å². The first-order valence-electron chi connectivity index (χ1n) is 10.4. The number of carbonyl (C=O) groups is 1. The van der Waals surface area contributed by atoms with Crippen molar-refractivity contribution in [3.63, 3.8) is 0 Å². The molecule has 0 fully saturated rings. The molecular weight excluding hydrogens is 438 g/mol. The summed E-state index contributed by atoms with van der Waals surface area (Å²) in [5.74, 6) is 0.239. The third kappa shape index (κ3) is 6.91. The molecule has 0 radical (unpaired) electrons. The Morgan fingerprint density at radius 1 is 1.03 bits per heavy atom. The Balaban J connectivity index is 1.52. The first kappa shape index (κ1) is 24.0. The molecule has 0 aliphatic heterocycles. The molecule has 8 heteroatoms. The maximum atomic E-state index is 12.5. The monoisotopic (exact) mass is 463 g/mol. The van der Waals surface area contributed by atoms with E-state index < -0.39 is 10.0 Å². The number of nitrogens with one attached hydrogen (secondary N) is 2. The summed E-state index contributed by atoms with van der Waals surface area (Å²) in [6, 6.07) is 21.4. The van der Waals surface area contributed by atoms with Crippen molar-refractivity contribution in [3.8, 4) is 11.8 Å². The Kier molecular flexibility index (Phi) is 7.83. The van der Waals surface area contributed by atoms with Gasteiger partial charge in [-0.25, -0.2) is 13.1 Å². The fourth-order valence-electron chi connectivity index (χ4n) is 3.16. The molecule has 33 heavy (non-hydrogen) atoms. The van der Waals surface area contributed by atoms with Crippen molar-refractivity contribution in [1.29, 1.82) is 5.26 Å². The predicted molar refractivity (Wildman–Crippen MR) is 126 cm³/mol. The average molecular weight is 464 g/mol. The van der Waals surface area contributed by atoms with Crippen LogP contribution in [0.2, 0.25) is 0 Å². The van der Waals surface area contributed by atoms with Crippen molar-refractivity contribution >= 4 is 21.6 Å². The van der Waals surface area contributed by atoms with Gasteiger partial charge in [-0.05, 0) is 60.9 Å². The van der Waals surface area contributed by atoms with E-state index >= 15 is 0 Å². The summed E-state index contributed by atoms with van der Waals surface area (Å²) >= 11 is 0. The number of carbonyl (C=O) groups excluding carboxylic acids is 1. The molecule has 3 rings (SSSR count). The summed E-state index contributed by atoms with van der Waals surface area (Å²) in [6.07, 6.45) is -0.0177. The summed E-state index contributed by atoms with van der Waals surface area (Å²) in [7, 11) is -3.70. The van der Waals surface area contributed by atoms with Crippen molar-refractivity contribution in [3.05, 3.63) is 89.0 Å². The summed E-state index contributed by atoms with van der Waals surface area (Å²) in [5, 5.41) is 11.7. The Morgan fingerprint density at radius 2 is 1.82 bits per heavy atom. The molecule has 7 nitrogen and oxygen atoms in total. The maximum absolute atomic E-state index is 12.5. The highest BCUT2D eigenvalue weighted by atomic mass is 32.2. The lowest BCUT2D eigenvalue weighted by atomic mass is 10.1. The van der Waals surface area contributed by atoms with Crippen LogP contribution in [0.5, 0.6) is 5.75 Å². The number of anilines is 1. The molecule has 0 saturated heterocycles. The molecule has 0 heterocycles. The molecule has 0 aliphatic carbocycles. The fourth-order valence-corrected chi connectivity index (χ4v) is 4.52. The standard InChI is InChI=1S/C25H25N3O4S/c1-18-9-10-19(2)24(13-18)33(30,31)27-12-11-25(29)28-22-7-4-8-23(15-22)32-17-21-6-3-5-20(14-21)16-26/h3-10,13-15,27H,11-12,17H2,1-2H3,(H,28,29). The topological polar surface area (TPSA) is 108 Å². The zero-order valence-electron chi connectivity index (χ0n) is 18.5. The highest BCUT2D eigenvalue weighted by Crippen LogP contribution is 2.20. The number of nitriles is 1. The average Bonchev–Trinajstić information content (AvgIpc) is 2.79. The quantitative estimate of drug-likeness (QED) is 0.497. The van der Waals surface area contributed by atoms with E-state index in [4.69, 9.17) is 10.00 Å². The van der Waals surface area contributed by atoms with E-state index in [-0.39, 0.29) is 30.4 Å². The van der Waals surface area contributed by atoms with Crippen molar-refractivity contribution < 1.29 is 17.9 Å². The smallest absolute Gasteiger partial charge is 0.240 e. The number of rotatable bonds is 9. The van der Waals surface area contributed by atoms with E-state index in [0.29, 0.717) is 22.6 Å². The molecule has 2 N–H and O–H groups in total. The molecule has 1 amide bonds. The number of hydrogen-bond acceptors (Lipinski definition) is 5. The van der Waals surface area contributed by atoms with Gasteiger partial charge in [-0.15, -0.1) is 0 Å². The molecular formula is C25H25N3O4S. The molecule has 0 unspecified atom stereocenters. The van der Waals surface area contributed by atoms with Crippen LogP contribution in [0.1, 0.15) is 28.7 Å². The van der Waals surface area contributed by atoms with Gasteiger partial charge in [0.2, 0.25) is 15.9 Å². The molecule has 0 aromatic heterocycles. The molecule has 0 spiro atoms. The number of aryl methyl sites for hydroxylation is 2. The highest BCUT2D eigenvalue weighted by Gasteiger charge is 2.17. The fraction of sp³-hybridized carbons (Fsp3) is 0.200. The van der Waals surface area contributed by atoms with Crippen LogP contribution in [0.4, 0.5) is 5.69 Å². The first-order valence-corrected chi connectivity index (χ1v) is 11.8. The number of ether oxygens (including phenoxy) is 1. The van der Waals surface area contributed by atoms with Gasteiger partial charge in [0.25, 0.3) is 0 Å². The Morgan fingerprint density at radius 3 is 2.61 bits per heavy atom. The lowest BCUT2D eigenvalue weighted by Gasteiger charge is -2.11. The number of amides is 1. The highest BCUT2D eigenvalue weighted by molar-refractivity contribution is 7.89. The SMILES string of the molecule is Cc1ccc(C)c(S(=O)(=O)NCCC(=O)Nc2cccc(OCc3cccc(C#N)c3)c2)c1. The van der Waals surface area contributed by atoms with Crippen LogP contribution in [0.3, 0.4) is 0 Å². The van der Waals surface area contributed by atoms with Gasteiger partial charge in [0, 0.05) is 24.7 Å². The zero-order chi connectivity index (χ0) is 23.8. The van der Waals surface area contributed by atoms with Crippen LogP contribution >= 0.6 is 0 Å². The Hall–Kier alpha value is -3.67. The first-order chi connectivity index (χ1) is 15.8. The summed E-state index contributed by atoms with van der Waals surface area (Å²) in [4.78, 5) is 12.5. The molecule has 170 valence electrons. The predicted octanol–water partition coefficient (Wildman–Crippen LogP) is 4.06. The van der Waals surface area contributed by atoms with Gasteiger partial charge < -0.3 is 10.1 Å². The van der Waals surface area contributed by atoms with Gasteiger partial charge in [-0.3, -0.25) is 4.79 Å². The zero-order valence-corrected chi connectivity index (χ0v) is 19.3. The van der Waals surface area contributed by atoms with Gasteiger partial charge in [0.05, 0.1) is 16.5 Å². The minimum absolute atomic E-state index is 0.0177. The van der Waals surface area contributed by atoms with Crippen molar-refractivity contribution in [2.24, 2.45) is 0 Å². The third-order valence-corrected chi connectivity index (χ3v) is 6.46. The number of sulfonamides is 1. The second-order valence-corrected chi connectivity index (χ2v) is 9.33. The van der Waals surface area contributed by atoms with Crippen LogP contribution in [-0.2, 0) is 21.4 Å². The molecule has 0 aliphatic rings. The maximum Gasteiger partial charge on any atom is 0.240 e. The number of nitrogens with zero attached hydrogens (tertiary/aromatic N) is 1. The van der Waals surface area contributed by atoms with Crippen LogP contribution in [0.25, 0.3) is 0 Å². The lowest BCUT2D eigenvalue weighted by molar-refractivity contribution is -0.116. The van der Waals surface area contributed by atoms with E-state index in [2.05, 4.69) is 16.1 Å². The van der Waals surface area contributed by atoms with Gasteiger partial charge in [-0.2, -0.15) is 5.26 Å². The Bertz CT molecular complexity index is 1300. The number of benzene rings is 3. The third-order valence-electron chi connectivity index (χ3n) is 4.86. The van der Waals surface area contributed by atoms with Crippen LogP contribution in [0, 0.1) is 25.2 Å². The van der Waals surface area contributed by atoms with Gasteiger partial charge in [0.1, 0.15) is 12.4 Å². The molecule has 0 bridgehead atoms. The molecule has 0 saturated carbocycles.